The molecule has 1 aliphatic heterocycles. The topological polar surface area (TPSA) is 83.7 Å². The van der Waals surface area contributed by atoms with Crippen LogP contribution < -0.4 is 14.8 Å². The Labute approximate surface area is 157 Å². The molecule has 1 aromatic carbocycles. The molecule has 0 aromatic heterocycles. The van der Waals surface area contributed by atoms with E-state index < -0.39 is 0 Å². The van der Waals surface area contributed by atoms with Crippen LogP contribution in [0.15, 0.2) is 28.1 Å². The highest BCUT2D eigenvalue weighted by atomic mass is 32.2. The van der Waals surface area contributed by atoms with Crippen molar-refractivity contribution in [2.75, 3.05) is 13.7 Å². The first-order valence-corrected chi connectivity index (χ1v) is 9.47. The first-order chi connectivity index (χ1) is 12.7. The van der Waals surface area contributed by atoms with Crippen LogP contribution in [-0.4, -0.2) is 30.8 Å². The molecule has 2 fully saturated rings. The van der Waals surface area contributed by atoms with E-state index in [4.69, 9.17) is 19.7 Å². The van der Waals surface area contributed by atoms with E-state index in [0.717, 1.165) is 18.4 Å². The van der Waals surface area contributed by atoms with Crippen molar-refractivity contribution in [1.82, 2.24) is 5.32 Å². The number of aliphatic imine (C=N–C) groups is 1. The molecule has 0 bridgehead atoms. The van der Waals surface area contributed by atoms with Crippen molar-refractivity contribution in [2.24, 2.45) is 4.99 Å². The Morgan fingerprint density at radius 1 is 1.35 bits per heavy atom. The fourth-order valence-corrected chi connectivity index (χ4v) is 3.91. The summed E-state index contributed by atoms with van der Waals surface area (Å²) in [5, 5.41) is 12.2. The molecule has 3 rings (SSSR count). The molecule has 1 aliphatic carbocycles. The van der Waals surface area contributed by atoms with Crippen LogP contribution in [0.4, 0.5) is 0 Å². The Morgan fingerprint density at radius 3 is 2.88 bits per heavy atom. The second kappa shape index (κ2) is 8.77. The predicted molar refractivity (Wildman–Crippen MR) is 102 cm³/mol. The van der Waals surface area contributed by atoms with E-state index >= 15 is 0 Å². The van der Waals surface area contributed by atoms with Gasteiger partial charge >= 0.3 is 0 Å². The summed E-state index contributed by atoms with van der Waals surface area (Å²) in [6, 6.07) is 7.59. The van der Waals surface area contributed by atoms with Crippen molar-refractivity contribution in [2.45, 2.75) is 38.1 Å². The fraction of sp³-hybridized carbons (Fsp3) is 0.421. The summed E-state index contributed by atoms with van der Waals surface area (Å²) in [4.78, 5) is 17.5. The van der Waals surface area contributed by atoms with Crippen LogP contribution in [0.3, 0.4) is 0 Å². The van der Waals surface area contributed by atoms with Crippen molar-refractivity contribution >= 4 is 28.9 Å². The van der Waals surface area contributed by atoms with Gasteiger partial charge in [0.1, 0.15) is 6.07 Å². The Balaban J connectivity index is 1.74. The normalized spacial score (nSPS) is 20.8. The molecule has 1 amide bonds. The van der Waals surface area contributed by atoms with Gasteiger partial charge in [0.15, 0.2) is 23.3 Å². The smallest absolute Gasteiger partial charge is 0.264 e. The Kier molecular flexibility index (Phi) is 6.18. The lowest BCUT2D eigenvalue weighted by Gasteiger charge is -2.17. The highest BCUT2D eigenvalue weighted by molar-refractivity contribution is 8.18. The van der Waals surface area contributed by atoms with E-state index in [2.05, 4.69) is 5.32 Å². The number of nitrogens with zero attached hydrogens (tertiary/aromatic N) is 2. The van der Waals surface area contributed by atoms with Gasteiger partial charge in [0, 0.05) is 0 Å². The number of nitriles is 1. The maximum Gasteiger partial charge on any atom is 0.264 e. The summed E-state index contributed by atoms with van der Waals surface area (Å²) in [5.41, 5.74) is 0.822. The van der Waals surface area contributed by atoms with Crippen LogP contribution in [0.1, 0.15) is 37.7 Å². The van der Waals surface area contributed by atoms with E-state index in [0.29, 0.717) is 27.6 Å². The zero-order valence-electron chi connectivity index (χ0n) is 14.7. The number of nitrogens with one attached hydrogen (secondary N) is 1. The Bertz CT molecular complexity index is 777. The number of amidine groups is 1. The van der Waals surface area contributed by atoms with Gasteiger partial charge in [-0.05, 0) is 48.4 Å². The number of benzene rings is 1. The number of amides is 1. The highest BCUT2D eigenvalue weighted by Crippen LogP contribution is 2.32. The second-order valence-corrected chi connectivity index (χ2v) is 7.18. The number of thioether (sulfide) groups is 1. The molecule has 1 aromatic rings. The molecule has 1 N–H and O–H groups in total. The standard InChI is InChI=1S/C19H21N3O3S/c1-24-16-11-13(7-8-15(16)25-10-9-20)12-17-18(23)22-19(26-17)21-14-5-3-2-4-6-14/h7-8,11-12,14H,2-6,10H2,1H3,(H,21,22,23)/b17-12-. The van der Waals surface area contributed by atoms with E-state index in [1.165, 1.54) is 38.1 Å². The Hall–Kier alpha value is -2.46. The molecule has 0 radical (unpaired) electrons. The SMILES string of the molecule is COc1cc(/C=C2\SC(=NC3CCCCC3)NC2=O)ccc1OCC#N. The third kappa shape index (κ3) is 4.58. The minimum atomic E-state index is -0.131. The Morgan fingerprint density at radius 2 is 2.15 bits per heavy atom. The lowest BCUT2D eigenvalue weighted by atomic mass is 9.96. The van der Waals surface area contributed by atoms with Crippen molar-refractivity contribution in [3.05, 3.63) is 28.7 Å². The van der Waals surface area contributed by atoms with Gasteiger partial charge in [0.25, 0.3) is 5.91 Å². The zero-order valence-corrected chi connectivity index (χ0v) is 15.5. The van der Waals surface area contributed by atoms with Gasteiger partial charge in [-0.1, -0.05) is 25.3 Å². The molecule has 0 atom stereocenters. The minimum absolute atomic E-state index is 0.0456. The van der Waals surface area contributed by atoms with Crippen molar-refractivity contribution < 1.29 is 14.3 Å². The van der Waals surface area contributed by atoms with Crippen LogP contribution in [-0.2, 0) is 4.79 Å². The van der Waals surface area contributed by atoms with Gasteiger partial charge in [-0.25, -0.2) is 0 Å². The quantitative estimate of drug-likeness (QED) is 0.801. The van der Waals surface area contributed by atoms with E-state index in [-0.39, 0.29) is 12.5 Å². The second-order valence-electron chi connectivity index (χ2n) is 6.15. The van der Waals surface area contributed by atoms with E-state index in [9.17, 15) is 4.79 Å². The van der Waals surface area contributed by atoms with Crippen LogP contribution in [0.25, 0.3) is 6.08 Å². The molecule has 7 heteroatoms. The third-order valence-electron chi connectivity index (χ3n) is 4.30. The van der Waals surface area contributed by atoms with Gasteiger partial charge in [-0.3, -0.25) is 9.79 Å². The zero-order chi connectivity index (χ0) is 18.4. The number of hydrogen-bond acceptors (Lipinski definition) is 6. The monoisotopic (exact) mass is 371 g/mol. The molecule has 1 saturated heterocycles. The van der Waals surface area contributed by atoms with E-state index in [1.54, 1.807) is 18.2 Å². The molecule has 0 unspecified atom stereocenters. The summed E-state index contributed by atoms with van der Waals surface area (Å²) in [7, 11) is 1.54. The molecule has 6 nitrogen and oxygen atoms in total. The lowest BCUT2D eigenvalue weighted by Crippen LogP contribution is -2.22. The van der Waals surface area contributed by atoms with Crippen LogP contribution >= 0.6 is 11.8 Å². The fourth-order valence-electron chi connectivity index (χ4n) is 3.02. The summed E-state index contributed by atoms with van der Waals surface area (Å²) in [6.45, 7) is -0.0456. The lowest BCUT2D eigenvalue weighted by molar-refractivity contribution is -0.115. The average Bonchev–Trinajstić information content (AvgIpc) is 3.00. The molecule has 26 heavy (non-hydrogen) atoms. The first kappa shape index (κ1) is 18.3. The van der Waals surface area contributed by atoms with E-state index in [1.807, 2.05) is 12.1 Å². The largest absolute Gasteiger partial charge is 0.493 e. The number of carbonyl (C=O) groups excluding carboxylic acids is 1. The maximum atomic E-state index is 12.2. The summed E-state index contributed by atoms with van der Waals surface area (Å²) in [6.07, 6.45) is 7.70. The molecular formula is C19H21N3O3S. The predicted octanol–water partition coefficient (Wildman–Crippen LogP) is 3.49. The van der Waals surface area contributed by atoms with Crippen molar-refractivity contribution in [3.63, 3.8) is 0 Å². The van der Waals surface area contributed by atoms with Gasteiger partial charge in [0.2, 0.25) is 0 Å². The summed E-state index contributed by atoms with van der Waals surface area (Å²) >= 11 is 1.37. The van der Waals surface area contributed by atoms with Crippen molar-refractivity contribution in [3.8, 4) is 17.6 Å². The number of carbonyl (C=O) groups is 1. The van der Waals surface area contributed by atoms with Crippen molar-refractivity contribution in [1.29, 1.82) is 5.26 Å². The highest BCUT2D eigenvalue weighted by Gasteiger charge is 2.25. The molecule has 0 spiro atoms. The number of rotatable bonds is 5. The minimum Gasteiger partial charge on any atom is -0.493 e. The number of methoxy groups -OCH3 is 1. The third-order valence-corrected chi connectivity index (χ3v) is 5.23. The van der Waals surface area contributed by atoms with Crippen LogP contribution in [0, 0.1) is 11.3 Å². The molecule has 1 saturated carbocycles. The first-order valence-electron chi connectivity index (χ1n) is 8.66. The maximum absolute atomic E-state index is 12.2. The molecular weight excluding hydrogens is 350 g/mol. The van der Waals surface area contributed by atoms with Gasteiger partial charge in [-0.2, -0.15) is 5.26 Å². The molecule has 2 aliphatic rings. The number of hydrogen-bond donors (Lipinski definition) is 1. The summed E-state index contributed by atoms with van der Waals surface area (Å²) < 4.78 is 10.6. The summed E-state index contributed by atoms with van der Waals surface area (Å²) in [5.74, 6) is 0.890. The molecule has 136 valence electrons. The van der Waals surface area contributed by atoms with Gasteiger partial charge in [-0.15, -0.1) is 0 Å². The average molecular weight is 371 g/mol. The number of ether oxygens (including phenoxy) is 2. The van der Waals surface area contributed by atoms with Crippen LogP contribution in [0.2, 0.25) is 0 Å². The van der Waals surface area contributed by atoms with Gasteiger partial charge < -0.3 is 14.8 Å². The van der Waals surface area contributed by atoms with Crippen LogP contribution in [0.5, 0.6) is 11.5 Å². The van der Waals surface area contributed by atoms with Gasteiger partial charge in [0.05, 0.1) is 18.1 Å². The molecule has 1 heterocycles.